The lowest BCUT2D eigenvalue weighted by atomic mass is 9.93. The molecule has 0 saturated heterocycles. The van der Waals surface area contributed by atoms with Gasteiger partial charge in [-0.2, -0.15) is 5.10 Å². The van der Waals surface area contributed by atoms with Crippen molar-refractivity contribution in [1.82, 2.24) is 25.1 Å². The predicted molar refractivity (Wildman–Crippen MR) is 147 cm³/mol. The standard InChI is InChI=1S/C30H28N6O2/c31-29(38)25-13-6-11-23(24-12-4-7-19-17-32-35-28(19)24)27(25)30-34-21(8-5-14-26(37)33-20-15-16-20)18-36(30)22-9-2-1-3-10-22/h1-4,6-7,9-13,17-18,20H,5,8,14-16H2,(H2,31,38)(H,32,35)(H,33,37). The van der Waals surface area contributed by atoms with Gasteiger partial charge >= 0.3 is 0 Å². The number of nitrogens with zero attached hydrogens (tertiary/aromatic N) is 3. The van der Waals surface area contributed by atoms with Crippen LogP contribution in [-0.2, 0) is 11.2 Å². The summed E-state index contributed by atoms with van der Waals surface area (Å²) in [4.78, 5) is 29.9. The third-order valence-electron chi connectivity index (χ3n) is 6.89. The molecule has 6 rings (SSSR count). The van der Waals surface area contributed by atoms with E-state index < -0.39 is 5.91 Å². The van der Waals surface area contributed by atoms with Gasteiger partial charge in [-0.15, -0.1) is 0 Å². The van der Waals surface area contributed by atoms with Crippen molar-refractivity contribution in [1.29, 1.82) is 0 Å². The van der Waals surface area contributed by atoms with Gasteiger partial charge in [-0.1, -0.05) is 48.5 Å². The molecule has 2 amide bonds. The first kappa shape index (κ1) is 23.7. The Balaban J connectivity index is 1.47. The van der Waals surface area contributed by atoms with Crippen LogP contribution in [0.25, 0.3) is 39.1 Å². The normalized spacial score (nSPS) is 13.1. The van der Waals surface area contributed by atoms with E-state index in [9.17, 15) is 9.59 Å². The summed E-state index contributed by atoms with van der Waals surface area (Å²) in [7, 11) is 0. The van der Waals surface area contributed by atoms with Crippen LogP contribution in [0.2, 0.25) is 0 Å². The van der Waals surface area contributed by atoms with Crippen LogP contribution >= 0.6 is 0 Å². The summed E-state index contributed by atoms with van der Waals surface area (Å²) >= 11 is 0. The van der Waals surface area contributed by atoms with Crippen LogP contribution in [0.4, 0.5) is 0 Å². The molecule has 1 aliphatic carbocycles. The number of hydrogen-bond donors (Lipinski definition) is 3. The number of aryl methyl sites for hydroxylation is 1. The summed E-state index contributed by atoms with van der Waals surface area (Å²) in [5.41, 5.74) is 11.3. The van der Waals surface area contributed by atoms with Gasteiger partial charge in [-0.25, -0.2) is 4.98 Å². The summed E-state index contributed by atoms with van der Waals surface area (Å²) in [6.45, 7) is 0. The first-order valence-corrected chi connectivity index (χ1v) is 12.9. The Labute approximate surface area is 219 Å². The fourth-order valence-electron chi connectivity index (χ4n) is 4.89. The average molecular weight is 505 g/mol. The van der Waals surface area contributed by atoms with Gasteiger partial charge in [0.05, 0.1) is 23.0 Å². The highest BCUT2D eigenvalue weighted by Gasteiger charge is 2.24. The number of rotatable bonds is 9. The molecule has 8 heteroatoms. The molecule has 4 N–H and O–H groups in total. The van der Waals surface area contributed by atoms with E-state index in [2.05, 4.69) is 15.5 Å². The minimum Gasteiger partial charge on any atom is -0.366 e. The van der Waals surface area contributed by atoms with E-state index in [4.69, 9.17) is 10.7 Å². The Morgan fingerprint density at radius 1 is 1.00 bits per heavy atom. The Bertz CT molecular complexity index is 1630. The highest BCUT2D eigenvalue weighted by molar-refractivity contribution is 6.06. The summed E-state index contributed by atoms with van der Waals surface area (Å²) in [5.74, 6) is 0.179. The molecule has 190 valence electrons. The second kappa shape index (κ2) is 9.97. The first-order chi connectivity index (χ1) is 18.6. The van der Waals surface area contributed by atoms with Crippen LogP contribution in [0, 0.1) is 0 Å². The molecule has 0 unspecified atom stereocenters. The van der Waals surface area contributed by atoms with Gasteiger partial charge in [-0.3, -0.25) is 19.3 Å². The number of primary amides is 1. The lowest BCUT2D eigenvalue weighted by molar-refractivity contribution is -0.121. The predicted octanol–water partition coefficient (Wildman–Crippen LogP) is 4.78. The fraction of sp³-hybridized carbons (Fsp3) is 0.200. The van der Waals surface area contributed by atoms with Gasteiger partial charge < -0.3 is 11.1 Å². The number of imidazole rings is 1. The molecule has 2 aromatic heterocycles. The average Bonchev–Trinajstić information content (AvgIpc) is 3.43. The summed E-state index contributed by atoms with van der Waals surface area (Å²) in [5, 5.41) is 11.3. The van der Waals surface area contributed by atoms with Crippen molar-refractivity contribution in [3.8, 4) is 28.2 Å². The van der Waals surface area contributed by atoms with Gasteiger partial charge in [0, 0.05) is 40.9 Å². The van der Waals surface area contributed by atoms with E-state index in [1.807, 2.05) is 71.4 Å². The van der Waals surface area contributed by atoms with Crippen molar-refractivity contribution in [2.75, 3.05) is 0 Å². The Kier molecular flexibility index (Phi) is 6.21. The van der Waals surface area contributed by atoms with Crippen LogP contribution in [-0.4, -0.2) is 37.6 Å². The molecule has 5 aromatic rings. The minimum absolute atomic E-state index is 0.0872. The molecular formula is C30H28N6O2. The molecule has 0 atom stereocenters. The number of carbonyl (C=O) groups excluding carboxylic acids is 2. The zero-order valence-electron chi connectivity index (χ0n) is 20.9. The second-order valence-electron chi connectivity index (χ2n) is 9.69. The highest BCUT2D eigenvalue weighted by Crippen LogP contribution is 2.38. The molecule has 0 aliphatic heterocycles. The zero-order valence-corrected chi connectivity index (χ0v) is 20.9. The molecule has 0 bridgehead atoms. The SMILES string of the molecule is NC(=O)c1cccc(-c2cccc3cn[nH]c23)c1-c1nc(CCCC(=O)NC2CC2)cn1-c1ccccc1. The van der Waals surface area contributed by atoms with Gasteiger partial charge in [0.2, 0.25) is 11.8 Å². The van der Waals surface area contributed by atoms with Gasteiger partial charge in [-0.05, 0) is 49.4 Å². The molecular weight excluding hydrogens is 476 g/mol. The second-order valence-corrected chi connectivity index (χ2v) is 9.69. The van der Waals surface area contributed by atoms with Crippen LogP contribution in [0.15, 0.2) is 79.1 Å². The maximum atomic E-state index is 12.7. The lowest BCUT2D eigenvalue weighted by Gasteiger charge is -2.16. The van der Waals surface area contributed by atoms with E-state index in [0.29, 0.717) is 42.3 Å². The monoisotopic (exact) mass is 504 g/mol. The van der Waals surface area contributed by atoms with Crippen molar-refractivity contribution < 1.29 is 9.59 Å². The number of carbonyl (C=O) groups is 2. The summed E-state index contributed by atoms with van der Waals surface area (Å²) < 4.78 is 2.00. The number of H-pyrrole nitrogens is 1. The third-order valence-corrected chi connectivity index (χ3v) is 6.89. The number of para-hydroxylation sites is 2. The van der Waals surface area contributed by atoms with E-state index in [1.54, 1.807) is 12.3 Å². The molecule has 1 aliphatic rings. The lowest BCUT2D eigenvalue weighted by Crippen LogP contribution is -2.25. The molecule has 1 saturated carbocycles. The number of amides is 2. The molecule has 0 radical (unpaired) electrons. The van der Waals surface area contributed by atoms with Crippen molar-refractivity contribution in [3.05, 3.63) is 90.4 Å². The minimum atomic E-state index is -0.528. The fourth-order valence-corrected chi connectivity index (χ4v) is 4.89. The van der Waals surface area contributed by atoms with Crippen LogP contribution < -0.4 is 11.1 Å². The molecule has 2 heterocycles. The first-order valence-electron chi connectivity index (χ1n) is 12.9. The summed E-state index contributed by atoms with van der Waals surface area (Å²) in [6, 6.07) is 21.8. The van der Waals surface area contributed by atoms with E-state index in [1.165, 1.54) is 0 Å². The van der Waals surface area contributed by atoms with Gasteiger partial charge in [0.25, 0.3) is 0 Å². The molecule has 8 nitrogen and oxygen atoms in total. The molecule has 0 spiro atoms. The third kappa shape index (κ3) is 4.68. The van der Waals surface area contributed by atoms with E-state index in [-0.39, 0.29) is 5.91 Å². The number of fused-ring (bicyclic) bond motifs is 1. The van der Waals surface area contributed by atoms with Gasteiger partial charge in [0.1, 0.15) is 5.82 Å². The zero-order chi connectivity index (χ0) is 26.1. The smallest absolute Gasteiger partial charge is 0.249 e. The molecule has 3 aromatic carbocycles. The highest BCUT2D eigenvalue weighted by atomic mass is 16.2. The maximum absolute atomic E-state index is 12.7. The molecule has 1 fully saturated rings. The number of nitrogens with one attached hydrogen (secondary N) is 2. The quantitative estimate of drug-likeness (QED) is 0.268. The van der Waals surface area contributed by atoms with Crippen molar-refractivity contribution in [2.24, 2.45) is 5.73 Å². The van der Waals surface area contributed by atoms with Crippen LogP contribution in [0.5, 0.6) is 0 Å². The van der Waals surface area contributed by atoms with Crippen molar-refractivity contribution in [2.45, 2.75) is 38.1 Å². The number of benzene rings is 3. The van der Waals surface area contributed by atoms with Crippen LogP contribution in [0.3, 0.4) is 0 Å². The number of nitrogens with two attached hydrogens (primary N) is 1. The topological polar surface area (TPSA) is 119 Å². The number of hydrogen-bond acceptors (Lipinski definition) is 4. The Hall–Kier alpha value is -4.72. The Morgan fingerprint density at radius 3 is 2.58 bits per heavy atom. The van der Waals surface area contributed by atoms with E-state index in [0.717, 1.165) is 46.3 Å². The Morgan fingerprint density at radius 2 is 1.79 bits per heavy atom. The van der Waals surface area contributed by atoms with Gasteiger partial charge in [0.15, 0.2) is 0 Å². The number of aromatic amines is 1. The maximum Gasteiger partial charge on any atom is 0.249 e. The van der Waals surface area contributed by atoms with Crippen molar-refractivity contribution in [3.63, 3.8) is 0 Å². The van der Waals surface area contributed by atoms with E-state index >= 15 is 0 Å². The largest absolute Gasteiger partial charge is 0.366 e. The molecule has 38 heavy (non-hydrogen) atoms. The van der Waals surface area contributed by atoms with Crippen LogP contribution in [0.1, 0.15) is 41.7 Å². The number of aromatic nitrogens is 4. The summed E-state index contributed by atoms with van der Waals surface area (Å²) in [6.07, 6.45) is 7.68. The van der Waals surface area contributed by atoms with Crippen molar-refractivity contribution >= 4 is 22.7 Å².